The van der Waals surface area contributed by atoms with E-state index in [9.17, 15) is 0 Å². The standard InChI is InChI=1S/2C20H22NP.2C5H5.3Fe/c2*1-4-18-19(21(2)3)14-15-20(18)22(17-12-8-9-13-17)16-10-6-5-7-11-16;2*1-2-4-5-3-1;;;/h2*5-15H,4H2,1-3H3;2*1-5H;;;. The fourth-order valence-corrected chi connectivity index (χ4v) is 351. The number of nitrogens with zero attached hydrogens (tertiary/aromatic N) is 2. The number of hydrogen-bond donors (Lipinski definition) is 0. The Kier molecular flexibility index (Phi) is 0.936. The fourth-order valence-electron chi connectivity index (χ4n) is 60.3. The van der Waals surface area contributed by atoms with E-state index in [-0.39, 0.29) is 15.8 Å². The third kappa shape index (κ3) is 0.284. The van der Waals surface area contributed by atoms with Crippen LogP contribution < -0.4 is 10.6 Å². The van der Waals surface area contributed by atoms with Crippen molar-refractivity contribution in [2.24, 2.45) is 0 Å². The molecule has 7 heteroatoms. The molecule has 0 bridgehead atoms. The van der Waals surface area contributed by atoms with Crippen LogP contribution in [0, 0.1) is 0 Å². The molecule has 0 amide bonds. The van der Waals surface area contributed by atoms with Crippen LogP contribution in [0.1, 0.15) is 26.7 Å². The number of hydrogen-bond acceptors (Lipinski definition) is 2. The zero-order chi connectivity index (χ0) is 35.6. The Bertz CT molecular complexity index is 4220. The monoisotopic (exact) mass is 912 g/mol. The van der Waals surface area contributed by atoms with Gasteiger partial charge in [-0.3, -0.25) is 0 Å². The first kappa shape index (κ1) is 23.6. The van der Waals surface area contributed by atoms with Gasteiger partial charge in [-0.25, -0.2) is 0 Å². The van der Waals surface area contributed by atoms with Crippen molar-refractivity contribution in [3.63, 3.8) is 0 Å². The van der Waals surface area contributed by atoms with Crippen molar-refractivity contribution in [3.8, 4) is 0 Å². The van der Waals surface area contributed by atoms with Crippen LogP contribution in [0.5, 0.6) is 0 Å². The molecular formula is C50H54Fe3N2P2. The van der Waals surface area contributed by atoms with E-state index >= 15 is 0 Å². The second kappa shape index (κ2) is 2.26. The molecule has 32 rings (SSSR count). The Morgan fingerprint density at radius 2 is 0.754 bits per heavy atom. The minimum atomic E-state index is -4.10. The summed E-state index contributed by atoms with van der Waals surface area (Å²) in [5.74, 6) is 0. The Hall–Kier alpha value is 0.778. The molecule has 0 N–H and O–H groups in total. The van der Waals surface area contributed by atoms with Crippen LogP contribution in [-0.2, 0) is 19.5 Å². The van der Waals surface area contributed by atoms with Gasteiger partial charge in [0.15, 0.2) is 0 Å². The molecule has 30 saturated heterocycles. The maximum atomic E-state index is 3.15. The van der Waals surface area contributed by atoms with E-state index in [0.717, 1.165) is 33.7 Å². The van der Waals surface area contributed by atoms with Crippen LogP contribution in [0.2, 0.25) is 115 Å². The van der Waals surface area contributed by atoms with Crippen molar-refractivity contribution in [1.82, 2.24) is 9.80 Å². The van der Waals surface area contributed by atoms with Gasteiger partial charge in [0, 0.05) is 0 Å². The van der Waals surface area contributed by atoms with E-state index in [1.54, 1.807) is 12.8 Å². The molecule has 298 valence electrons. The third-order valence-corrected chi connectivity index (χ3v) is 204. The summed E-state index contributed by atoms with van der Waals surface area (Å²) in [6.45, 7) is -6.22. The van der Waals surface area contributed by atoms with Gasteiger partial charge in [0.05, 0.1) is 0 Å². The van der Waals surface area contributed by atoms with Crippen molar-refractivity contribution >= 4 is 26.5 Å². The van der Waals surface area contributed by atoms with Gasteiger partial charge in [0.1, 0.15) is 0 Å². The van der Waals surface area contributed by atoms with Crippen molar-refractivity contribution in [2.45, 2.75) is 166 Å². The summed E-state index contributed by atoms with van der Waals surface area (Å²) in [7, 11) is 10.9. The molecule has 57 heavy (non-hydrogen) atoms. The molecule has 30 heterocycles. The molecule has 20 unspecified atom stereocenters. The van der Waals surface area contributed by atoms with Gasteiger partial charge in [0.2, 0.25) is 0 Å². The van der Waals surface area contributed by atoms with Crippen LogP contribution in [0.15, 0.2) is 60.7 Å². The summed E-state index contributed by atoms with van der Waals surface area (Å²) in [6.07, 6.45) is 3.34. The summed E-state index contributed by atoms with van der Waals surface area (Å²) >= 11 is 0. The first-order valence-corrected chi connectivity index (χ1v) is 45.9. The van der Waals surface area contributed by atoms with E-state index in [1.165, 1.54) is 106 Å². The summed E-state index contributed by atoms with van der Waals surface area (Å²) in [5.41, 5.74) is 0. The molecule has 0 aromatic heterocycles. The van der Waals surface area contributed by atoms with Gasteiger partial charge in [-0.1, -0.05) is 0 Å². The summed E-state index contributed by atoms with van der Waals surface area (Å²) < 4.78 is 7.66. The van der Waals surface area contributed by atoms with Crippen LogP contribution in [0.3, 0.4) is 0 Å². The van der Waals surface area contributed by atoms with Crippen molar-refractivity contribution in [3.05, 3.63) is 60.7 Å². The average molecular weight is 912 g/mol. The van der Waals surface area contributed by atoms with Gasteiger partial charge < -0.3 is 0 Å². The Morgan fingerprint density at radius 3 is 0.982 bits per heavy atom. The predicted octanol–water partition coefficient (Wildman–Crippen LogP) is 11.9. The molecule has 2 aromatic rings. The Labute approximate surface area is 308 Å². The van der Waals surface area contributed by atoms with Gasteiger partial charge >= 0.3 is 311 Å². The first-order valence-electron chi connectivity index (χ1n) is 24.7. The van der Waals surface area contributed by atoms with Crippen molar-refractivity contribution in [1.29, 1.82) is 0 Å². The molecule has 20 atom stereocenters. The first-order chi connectivity index (χ1) is 27.1. The summed E-state index contributed by atoms with van der Waals surface area (Å²) in [4.78, 5) is 37.6. The second-order valence-corrected chi connectivity index (χ2v) is 111. The average Bonchev–Trinajstić information content (AvgIpc) is 3.90. The molecule has 0 aliphatic carbocycles. The number of rotatable bonds is 10. The number of fused-ring (bicyclic) bond motifs is 30. The molecule has 0 saturated carbocycles. The topological polar surface area (TPSA) is 6.48 Å². The maximum absolute atomic E-state index is 4.10. The molecule has 2 aromatic carbocycles. The molecule has 30 aliphatic rings. The predicted molar refractivity (Wildman–Crippen MR) is 218 cm³/mol. The van der Waals surface area contributed by atoms with Crippen LogP contribution in [0.25, 0.3) is 0 Å². The van der Waals surface area contributed by atoms with Crippen LogP contribution >= 0.6 is 15.8 Å². The third-order valence-electron chi connectivity index (χ3n) is 50.7. The van der Waals surface area contributed by atoms with Gasteiger partial charge in [0.25, 0.3) is 0 Å². The quantitative estimate of drug-likeness (QED) is 0.173. The van der Waals surface area contributed by atoms with Gasteiger partial charge in [-0.2, -0.15) is 0 Å². The van der Waals surface area contributed by atoms with Gasteiger partial charge in [-0.05, 0) is 0 Å². The van der Waals surface area contributed by atoms with Crippen LogP contribution in [-0.4, -0.2) is 63.1 Å². The van der Waals surface area contributed by atoms with Crippen LogP contribution in [0.4, 0.5) is 0 Å². The van der Waals surface area contributed by atoms with E-state index in [0.29, 0.717) is 0 Å². The van der Waals surface area contributed by atoms with Crippen molar-refractivity contribution < 1.29 is 19.5 Å². The minimum absolute atomic E-state index is 0.00922. The number of benzene rings is 2. The molecule has 2 nitrogen and oxygen atoms in total. The normalized spacial score (nSPS) is 116. The fraction of sp³-hybridized carbons (Fsp3) is 0.760. The summed E-state index contributed by atoms with van der Waals surface area (Å²) in [5, 5.41) is 4.26. The van der Waals surface area contributed by atoms with E-state index in [1.807, 2.05) is 0 Å². The zero-order valence-electron chi connectivity index (χ0n) is 33.7. The zero-order valence-corrected chi connectivity index (χ0v) is 38.8. The van der Waals surface area contributed by atoms with Gasteiger partial charge in [-0.15, -0.1) is 0 Å². The molecular weight excluding hydrogens is 858 g/mol. The molecule has 3 spiro atoms. The molecule has 30 fully saturated rings. The van der Waals surface area contributed by atoms with E-state index in [4.69, 9.17) is 0 Å². The Morgan fingerprint density at radius 1 is 0.439 bits per heavy atom. The second-order valence-electron chi connectivity index (χ2n) is 35.3. The molecule has 0 radical (unpaired) electrons. The molecule has 30 aliphatic heterocycles. The SMILES string of the molecule is CC[C]12[C]3(N(C)C)[CH]4[CH]5[C]1(P(c1ccccc1)[C]16[CH]7[CH]8[CH]9[CH]1[Fe]89761%10%11%12[CH]6[CH]1[CH]%10[C]%11(P(c1ccccc1)[C]17[CH]8[CH]9[C]%10(N(C)C)[C]1(CC)[Fe]98%1071%11%13%14[CH]7[CH]1[CH]%11[CH]%13[CH]7%14)[CH]6%12)[Fe]45321678[CH]2[CH]1[CH]6[CH]7[CH]28. The van der Waals surface area contributed by atoms with E-state index in [2.05, 4.69) is 123 Å². The van der Waals surface area contributed by atoms with Crippen molar-refractivity contribution in [2.75, 3.05) is 28.2 Å². The Balaban J connectivity index is 0.775. The summed E-state index contributed by atoms with van der Waals surface area (Å²) in [6, 6.07) is 27.2. The van der Waals surface area contributed by atoms with E-state index < -0.39 is 19.5 Å².